The molecule has 2 aliphatic rings. The van der Waals surface area contributed by atoms with Gasteiger partial charge in [0.1, 0.15) is 0 Å². The molecule has 0 bridgehead atoms. The zero-order chi connectivity index (χ0) is 15.0. The summed E-state index contributed by atoms with van der Waals surface area (Å²) < 4.78 is 60.9. The van der Waals surface area contributed by atoms with E-state index in [-0.39, 0.29) is 11.3 Å². The molecule has 0 atom stereocenters. The van der Waals surface area contributed by atoms with Crippen LogP contribution in [0.4, 0.5) is 17.6 Å². The minimum absolute atomic E-state index is 0.170. The second-order valence-electron chi connectivity index (χ2n) is 5.82. The van der Waals surface area contributed by atoms with Crippen molar-refractivity contribution in [1.82, 2.24) is 0 Å². The van der Waals surface area contributed by atoms with E-state index in [9.17, 15) is 17.6 Å². The highest BCUT2D eigenvalue weighted by atomic mass is 19.4. The summed E-state index contributed by atoms with van der Waals surface area (Å²) in [7, 11) is 0. The Morgan fingerprint density at radius 1 is 1.05 bits per heavy atom. The second kappa shape index (κ2) is 5.39. The molecule has 116 valence electrons. The minimum Gasteiger partial charge on any atom is -0.489 e. The monoisotopic (exact) mass is 304 g/mol. The fraction of sp³-hybridized carbons (Fsp3) is 0.600. The van der Waals surface area contributed by atoms with Crippen LogP contribution >= 0.6 is 0 Å². The van der Waals surface area contributed by atoms with E-state index in [1.54, 1.807) is 0 Å². The summed E-state index contributed by atoms with van der Waals surface area (Å²) in [6.45, 7) is 0.301. The van der Waals surface area contributed by atoms with Gasteiger partial charge in [-0.2, -0.15) is 0 Å². The van der Waals surface area contributed by atoms with Crippen LogP contribution in [0.1, 0.15) is 31.2 Å². The number of alkyl halides is 3. The van der Waals surface area contributed by atoms with Crippen LogP contribution in [0.2, 0.25) is 0 Å². The molecule has 0 aliphatic heterocycles. The van der Waals surface area contributed by atoms with E-state index < -0.39 is 17.9 Å². The van der Waals surface area contributed by atoms with Gasteiger partial charge in [0.15, 0.2) is 11.6 Å². The molecule has 0 N–H and O–H groups in total. The lowest BCUT2D eigenvalue weighted by molar-refractivity contribution is -0.276. The van der Waals surface area contributed by atoms with Gasteiger partial charge in [-0.25, -0.2) is 4.39 Å². The van der Waals surface area contributed by atoms with Crippen LogP contribution in [-0.4, -0.2) is 13.0 Å². The van der Waals surface area contributed by atoms with Crippen LogP contribution in [0.5, 0.6) is 11.5 Å². The topological polar surface area (TPSA) is 18.5 Å². The first kappa shape index (κ1) is 14.5. The first-order chi connectivity index (χ1) is 9.92. The highest BCUT2D eigenvalue weighted by Crippen LogP contribution is 2.41. The van der Waals surface area contributed by atoms with Crippen molar-refractivity contribution >= 4 is 0 Å². The molecule has 6 heteroatoms. The molecule has 0 radical (unpaired) electrons. The number of rotatable bonds is 6. The lowest BCUT2D eigenvalue weighted by Gasteiger charge is -2.16. The third kappa shape index (κ3) is 4.02. The summed E-state index contributed by atoms with van der Waals surface area (Å²) in [6.07, 6.45) is -0.501. The number of halogens is 4. The van der Waals surface area contributed by atoms with Crippen molar-refractivity contribution in [3.8, 4) is 11.5 Å². The third-order valence-corrected chi connectivity index (χ3v) is 3.74. The summed E-state index contributed by atoms with van der Waals surface area (Å²) >= 11 is 0. The smallest absolute Gasteiger partial charge is 0.489 e. The Bertz CT molecular complexity index is 519. The summed E-state index contributed by atoms with van der Waals surface area (Å²) in [6, 6.07) is 2.88. The lowest BCUT2D eigenvalue weighted by atomic mass is 10.1. The summed E-state index contributed by atoms with van der Waals surface area (Å²) in [4.78, 5) is 0. The minimum atomic E-state index is -4.93. The van der Waals surface area contributed by atoms with Crippen LogP contribution in [0.3, 0.4) is 0 Å². The molecule has 21 heavy (non-hydrogen) atoms. The van der Waals surface area contributed by atoms with Crippen molar-refractivity contribution < 1.29 is 27.0 Å². The molecular formula is C15H16F4O2. The predicted octanol–water partition coefficient (Wildman–Crippen LogP) is 4.47. The van der Waals surface area contributed by atoms with E-state index in [2.05, 4.69) is 4.74 Å². The first-order valence-electron chi connectivity index (χ1n) is 7.12. The van der Waals surface area contributed by atoms with Gasteiger partial charge >= 0.3 is 6.36 Å². The standard InChI is InChI=1S/C15H16F4O2/c16-13-11(7-9-1-2-9)5-6-12(20-8-10-3-4-10)14(13)21-15(17,18)19/h5-6,9-10H,1-4,7-8H2. The zero-order valence-electron chi connectivity index (χ0n) is 11.4. The van der Waals surface area contributed by atoms with Crippen LogP contribution in [-0.2, 0) is 6.42 Å². The fourth-order valence-corrected chi connectivity index (χ4v) is 2.19. The van der Waals surface area contributed by atoms with Crippen LogP contribution in [0.15, 0.2) is 12.1 Å². The van der Waals surface area contributed by atoms with Gasteiger partial charge in [-0.05, 0) is 55.6 Å². The predicted molar refractivity (Wildman–Crippen MR) is 67.7 cm³/mol. The highest BCUT2D eigenvalue weighted by molar-refractivity contribution is 5.45. The van der Waals surface area contributed by atoms with Gasteiger partial charge < -0.3 is 9.47 Å². The molecule has 0 amide bonds. The summed E-state index contributed by atoms with van der Waals surface area (Å²) in [5, 5.41) is 0. The lowest BCUT2D eigenvalue weighted by Crippen LogP contribution is -2.19. The highest BCUT2D eigenvalue weighted by Gasteiger charge is 2.35. The normalized spacial score (nSPS) is 18.7. The van der Waals surface area contributed by atoms with Crippen molar-refractivity contribution in [3.63, 3.8) is 0 Å². The number of benzene rings is 1. The molecule has 0 spiro atoms. The van der Waals surface area contributed by atoms with Crippen molar-refractivity contribution in [1.29, 1.82) is 0 Å². The third-order valence-electron chi connectivity index (χ3n) is 3.74. The Morgan fingerprint density at radius 3 is 2.29 bits per heavy atom. The molecule has 0 heterocycles. The molecule has 3 rings (SSSR count). The molecule has 2 nitrogen and oxygen atoms in total. The van der Waals surface area contributed by atoms with Gasteiger partial charge in [-0.3, -0.25) is 0 Å². The summed E-state index contributed by atoms with van der Waals surface area (Å²) in [5.41, 5.74) is 0.260. The summed E-state index contributed by atoms with van der Waals surface area (Å²) in [5.74, 6) is -1.22. The number of hydrogen-bond donors (Lipinski definition) is 0. The average molecular weight is 304 g/mol. The Labute approximate surface area is 120 Å². The maximum absolute atomic E-state index is 14.3. The van der Waals surface area contributed by atoms with Gasteiger partial charge in [0, 0.05) is 0 Å². The van der Waals surface area contributed by atoms with Gasteiger partial charge in [0.2, 0.25) is 5.75 Å². The molecule has 1 aromatic carbocycles. The average Bonchev–Trinajstić information content (AvgIpc) is 3.25. The van der Waals surface area contributed by atoms with E-state index in [0.29, 0.717) is 24.9 Å². The Hall–Kier alpha value is -1.46. The van der Waals surface area contributed by atoms with Crippen molar-refractivity contribution in [2.45, 2.75) is 38.5 Å². The van der Waals surface area contributed by atoms with Crippen LogP contribution < -0.4 is 9.47 Å². The SMILES string of the molecule is Fc1c(CC2CC2)ccc(OCC2CC2)c1OC(F)(F)F. The quantitative estimate of drug-likeness (QED) is 0.722. The molecular weight excluding hydrogens is 288 g/mol. The van der Waals surface area contributed by atoms with E-state index in [1.165, 1.54) is 12.1 Å². The van der Waals surface area contributed by atoms with Gasteiger partial charge in [0.05, 0.1) is 6.61 Å². The largest absolute Gasteiger partial charge is 0.573 e. The maximum atomic E-state index is 14.3. The number of hydrogen-bond acceptors (Lipinski definition) is 2. The van der Waals surface area contributed by atoms with E-state index in [0.717, 1.165) is 25.7 Å². The fourth-order valence-electron chi connectivity index (χ4n) is 2.19. The zero-order valence-corrected chi connectivity index (χ0v) is 11.4. The molecule has 2 fully saturated rings. The van der Waals surface area contributed by atoms with Crippen LogP contribution in [0.25, 0.3) is 0 Å². The molecule has 2 saturated carbocycles. The van der Waals surface area contributed by atoms with Crippen molar-refractivity contribution in [2.24, 2.45) is 11.8 Å². The molecule has 0 unspecified atom stereocenters. The van der Waals surface area contributed by atoms with E-state index in [4.69, 9.17) is 4.74 Å². The Morgan fingerprint density at radius 2 is 1.71 bits per heavy atom. The molecule has 1 aromatic rings. The van der Waals surface area contributed by atoms with Gasteiger partial charge in [-0.1, -0.05) is 6.07 Å². The van der Waals surface area contributed by atoms with Crippen molar-refractivity contribution in [2.75, 3.05) is 6.61 Å². The maximum Gasteiger partial charge on any atom is 0.573 e. The second-order valence-corrected chi connectivity index (χ2v) is 5.82. The number of ether oxygens (including phenoxy) is 2. The van der Waals surface area contributed by atoms with Crippen LogP contribution in [0, 0.1) is 17.7 Å². The first-order valence-corrected chi connectivity index (χ1v) is 7.12. The molecule has 0 saturated heterocycles. The van der Waals surface area contributed by atoms with Gasteiger partial charge in [0.25, 0.3) is 0 Å². The Kier molecular flexibility index (Phi) is 3.71. The van der Waals surface area contributed by atoms with Gasteiger partial charge in [-0.15, -0.1) is 13.2 Å². The van der Waals surface area contributed by atoms with Crippen molar-refractivity contribution in [3.05, 3.63) is 23.5 Å². The molecule has 0 aromatic heterocycles. The van der Waals surface area contributed by atoms with E-state index >= 15 is 0 Å². The van der Waals surface area contributed by atoms with E-state index in [1.807, 2.05) is 0 Å². The molecule has 2 aliphatic carbocycles. The Balaban J connectivity index is 1.83.